The fraction of sp³-hybridized carbons (Fsp3) is 0.920. The van der Waals surface area contributed by atoms with Crippen LogP contribution in [0, 0.1) is 22.7 Å². The van der Waals surface area contributed by atoms with E-state index in [4.69, 9.17) is 3.63 Å². The predicted molar refractivity (Wildman–Crippen MR) is 130 cm³/mol. The van der Waals surface area contributed by atoms with Crippen LogP contribution in [-0.2, 0) is 23.3 Å². The van der Waals surface area contributed by atoms with Gasteiger partial charge >= 0.3 is 0 Å². The number of carbonyl (C=O) groups is 2. The maximum atomic E-state index is 13.6. The molecule has 4 fully saturated rings. The molecule has 0 aromatic heterocycles. The highest BCUT2D eigenvalue weighted by Gasteiger charge is 2.65. The Kier molecular flexibility index (Phi) is 6.95. The van der Waals surface area contributed by atoms with Crippen molar-refractivity contribution in [3.05, 3.63) is 0 Å². The van der Waals surface area contributed by atoms with E-state index in [9.17, 15) is 18.0 Å². The van der Waals surface area contributed by atoms with Gasteiger partial charge in [0, 0.05) is 17.6 Å². The smallest absolute Gasteiger partial charge is 0.277 e. The highest BCUT2D eigenvalue weighted by molar-refractivity contribution is 8.33. The number of rotatable bonds is 8. The fourth-order valence-corrected chi connectivity index (χ4v) is 13.6. The molecule has 5 nitrogen and oxygen atoms in total. The molecule has 184 valence electrons. The standard InChI is InChI=1S/C25H42O5S2/c1-24(2)20-14-15-25(24,23(27)16-20)18-32(28,29)30-31(3,21-12-8-5-9-13-21)17-22(26)19-10-6-4-7-11-19/h19-21H,4-18H2,1-3H3. The molecule has 4 aliphatic carbocycles. The summed E-state index contributed by atoms with van der Waals surface area (Å²) in [6, 6.07) is 0. The molecule has 3 unspecified atom stereocenters. The minimum atomic E-state index is -3.93. The van der Waals surface area contributed by atoms with Crippen molar-refractivity contribution in [2.45, 2.75) is 103 Å². The van der Waals surface area contributed by atoms with Crippen molar-refractivity contribution in [2.24, 2.45) is 22.7 Å². The summed E-state index contributed by atoms with van der Waals surface area (Å²) in [6.07, 6.45) is 14.4. The Bertz CT molecular complexity index is 838. The molecular formula is C25H42O5S2. The van der Waals surface area contributed by atoms with Gasteiger partial charge in [0.2, 0.25) is 0 Å². The van der Waals surface area contributed by atoms with E-state index in [1.54, 1.807) is 0 Å². The van der Waals surface area contributed by atoms with Gasteiger partial charge in [-0.2, -0.15) is 8.42 Å². The summed E-state index contributed by atoms with van der Waals surface area (Å²) in [5.74, 6) is 0.687. The Hall–Kier alpha value is -0.400. The lowest BCUT2D eigenvalue weighted by molar-refractivity contribution is -0.128. The van der Waals surface area contributed by atoms with E-state index in [0.717, 1.165) is 57.8 Å². The molecule has 0 aliphatic heterocycles. The first-order chi connectivity index (χ1) is 15.0. The Morgan fingerprint density at radius 1 is 0.969 bits per heavy atom. The molecule has 32 heavy (non-hydrogen) atoms. The highest BCUT2D eigenvalue weighted by atomic mass is 32.3. The lowest BCUT2D eigenvalue weighted by Gasteiger charge is -2.45. The summed E-state index contributed by atoms with van der Waals surface area (Å²) >= 11 is 0. The van der Waals surface area contributed by atoms with E-state index in [1.165, 1.54) is 12.8 Å². The maximum absolute atomic E-state index is 13.6. The van der Waals surface area contributed by atoms with Crippen LogP contribution < -0.4 is 0 Å². The van der Waals surface area contributed by atoms with E-state index >= 15 is 0 Å². The largest absolute Gasteiger partial charge is 0.299 e. The van der Waals surface area contributed by atoms with Crippen LogP contribution in [-0.4, -0.2) is 43.0 Å². The zero-order valence-corrected chi connectivity index (χ0v) is 21.8. The van der Waals surface area contributed by atoms with Crippen molar-refractivity contribution in [2.75, 3.05) is 17.8 Å². The molecule has 0 N–H and O–H groups in total. The van der Waals surface area contributed by atoms with Crippen molar-refractivity contribution in [3.8, 4) is 0 Å². The number of hydrogen-bond acceptors (Lipinski definition) is 5. The van der Waals surface area contributed by atoms with Crippen LogP contribution in [0.1, 0.15) is 97.3 Å². The quantitative estimate of drug-likeness (QED) is 0.449. The molecule has 0 aromatic rings. The molecule has 4 saturated carbocycles. The van der Waals surface area contributed by atoms with Crippen molar-refractivity contribution in [1.29, 1.82) is 0 Å². The minimum Gasteiger partial charge on any atom is -0.299 e. The second-order valence-electron chi connectivity index (χ2n) is 11.7. The number of Topliss-reactive ketones (excluding diaryl/α,β-unsaturated/α-hetero) is 2. The lowest BCUT2D eigenvalue weighted by Crippen LogP contribution is -2.43. The minimum absolute atomic E-state index is 0.0648. The average Bonchev–Trinajstić information content (AvgIpc) is 3.08. The second-order valence-corrected chi connectivity index (χ2v) is 16.8. The van der Waals surface area contributed by atoms with E-state index in [2.05, 4.69) is 13.8 Å². The molecule has 0 amide bonds. The van der Waals surface area contributed by atoms with Gasteiger partial charge in [-0.25, -0.2) is 3.63 Å². The average molecular weight is 487 g/mol. The summed E-state index contributed by atoms with van der Waals surface area (Å²) in [4.78, 5) is 26.2. The van der Waals surface area contributed by atoms with Gasteiger partial charge in [0.1, 0.15) is 11.6 Å². The van der Waals surface area contributed by atoms with Gasteiger partial charge in [-0.05, 0) is 56.1 Å². The number of fused-ring (bicyclic) bond motifs is 2. The van der Waals surface area contributed by atoms with Gasteiger partial charge in [-0.15, -0.1) is 10.3 Å². The van der Waals surface area contributed by atoms with Crippen LogP contribution in [0.5, 0.6) is 0 Å². The summed E-state index contributed by atoms with van der Waals surface area (Å²) in [6.45, 7) is 4.12. The third kappa shape index (κ3) is 4.47. The van der Waals surface area contributed by atoms with Gasteiger partial charge in [0.15, 0.2) is 0 Å². The summed E-state index contributed by atoms with van der Waals surface area (Å²) < 4.78 is 33.3. The normalized spacial score (nSPS) is 34.3. The molecule has 3 atom stereocenters. The first-order valence-electron chi connectivity index (χ1n) is 12.7. The van der Waals surface area contributed by atoms with Gasteiger partial charge in [-0.1, -0.05) is 52.4 Å². The topological polar surface area (TPSA) is 77.5 Å². The summed E-state index contributed by atoms with van der Waals surface area (Å²) in [5.41, 5.74) is -1.13. The monoisotopic (exact) mass is 486 g/mol. The van der Waals surface area contributed by atoms with Gasteiger partial charge < -0.3 is 0 Å². The van der Waals surface area contributed by atoms with E-state index in [0.29, 0.717) is 12.8 Å². The molecular weight excluding hydrogens is 444 g/mol. The van der Waals surface area contributed by atoms with E-state index in [1.807, 2.05) is 6.26 Å². The van der Waals surface area contributed by atoms with Crippen molar-refractivity contribution < 1.29 is 21.6 Å². The highest BCUT2D eigenvalue weighted by Crippen LogP contribution is 2.65. The zero-order chi connectivity index (χ0) is 23.2. The van der Waals surface area contributed by atoms with Crippen LogP contribution in [0.4, 0.5) is 0 Å². The summed E-state index contributed by atoms with van der Waals surface area (Å²) in [7, 11) is -6.05. The Labute approximate surface area is 196 Å². The summed E-state index contributed by atoms with van der Waals surface area (Å²) in [5, 5.41) is 0.152. The van der Waals surface area contributed by atoms with Crippen LogP contribution in [0.2, 0.25) is 0 Å². The Morgan fingerprint density at radius 3 is 2.09 bits per heavy atom. The number of carbonyl (C=O) groups excluding carboxylic acids is 2. The number of hydrogen-bond donors (Lipinski definition) is 0. The lowest BCUT2D eigenvalue weighted by atomic mass is 9.70. The first-order valence-corrected chi connectivity index (χ1v) is 16.5. The third-order valence-corrected chi connectivity index (χ3v) is 15.2. The van der Waals surface area contributed by atoms with Crippen LogP contribution >= 0.6 is 10.3 Å². The molecule has 0 aromatic carbocycles. The predicted octanol–water partition coefficient (Wildman–Crippen LogP) is 5.56. The second kappa shape index (κ2) is 8.99. The SMILES string of the molecule is CC1(C)C2CCC1(CS(=O)(=O)OS(C)(CC(=O)C1CCCCC1)C1CCCCC1)C(=O)C2. The molecule has 0 heterocycles. The van der Waals surface area contributed by atoms with Crippen LogP contribution in [0.15, 0.2) is 0 Å². The number of ketones is 2. The molecule has 7 heteroatoms. The fourth-order valence-electron chi connectivity index (χ4n) is 7.26. The molecule has 0 saturated heterocycles. The van der Waals surface area contributed by atoms with Crippen molar-refractivity contribution in [1.82, 2.24) is 0 Å². The van der Waals surface area contributed by atoms with Gasteiger partial charge in [0.05, 0.1) is 16.9 Å². The van der Waals surface area contributed by atoms with E-state index in [-0.39, 0.29) is 45.6 Å². The van der Waals surface area contributed by atoms with Gasteiger partial charge in [0.25, 0.3) is 10.1 Å². The Morgan fingerprint density at radius 2 is 1.56 bits per heavy atom. The van der Waals surface area contributed by atoms with Crippen LogP contribution in [0.3, 0.4) is 0 Å². The first kappa shape index (κ1) is 24.7. The van der Waals surface area contributed by atoms with E-state index < -0.39 is 25.8 Å². The zero-order valence-electron chi connectivity index (χ0n) is 20.2. The molecule has 2 bridgehead atoms. The maximum Gasteiger partial charge on any atom is 0.277 e. The third-order valence-electron chi connectivity index (χ3n) is 9.57. The molecule has 0 spiro atoms. The Balaban J connectivity index is 1.55. The van der Waals surface area contributed by atoms with Crippen molar-refractivity contribution >= 4 is 32.0 Å². The molecule has 4 rings (SSSR count). The van der Waals surface area contributed by atoms with Crippen LogP contribution in [0.25, 0.3) is 0 Å². The van der Waals surface area contributed by atoms with Crippen molar-refractivity contribution in [3.63, 3.8) is 0 Å². The molecule has 0 radical (unpaired) electrons. The van der Waals surface area contributed by atoms with Gasteiger partial charge in [-0.3, -0.25) is 9.59 Å². The molecule has 4 aliphatic rings.